The lowest BCUT2D eigenvalue weighted by molar-refractivity contribution is -0.144. The summed E-state index contributed by atoms with van der Waals surface area (Å²) in [5, 5.41) is 22.6. The molecule has 0 bridgehead atoms. The maximum Gasteiger partial charge on any atom is 0.246 e. The molecular weight excluding hydrogens is 958 g/mol. The standard InChI is InChI=1S/C53H66ClN9O8S/c1-29(32-14-16-34(17-15-32)46-30(2)57-28-72-46)58-49(68)41-26-38(64)27-62(41)52(71)47(53(3,4)5)61-44(66)13-8-6-7-10-31-22-36(54)25-37(23-31)59-48(67)40(20-21-43(56)65)60-50(69)42-24-35-12-9-11-33-18-19-39(55)51(70)63(42)45(33)35/h9,11-12,14-17,22-23,25,28-29,38-42,47,64H,6-8,10,13,18-21,24,26-27,55H2,1-5H3,(H2,56,65)(H,58,68)(H,59,67)(H,60,69)(H,61,66)/t29-,38+,39-,40-,41-,42-,47+/m0/s1. The van der Waals surface area contributed by atoms with Crippen LogP contribution in [0.25, 0.3) is 10.4 Å². The highest BCUT2D eigenvalue weighted by Crippen LogP contribution is 2.39. The van der Waals surface area contributed by atoms with Gasteiger partial charge in [0.1, 0.15) is 24.2 Å². The van der Waals surface area contributed by atoms with Crippen molar-refractivity contribution in [1.82, 2.24) is 25.8 Å². The zero-order valence-electron chi connectivity index (χ0n) is 41.5. The molecule has 72 heavy (non-hydrogen) atoms. The van der Waals surface area contributed by atoms with Crippen molar-refractivity contribution in [2.75, 3.05) is 16.8 Å². The number of nitrogens with zero attached hydrogens (tertiary/aromatic N) is 3. The van der Waals surface area contributed by atoms with E-state index in [4.69, 9.17) is 23.1 Å². The first kappa shape index (κ1) is 53.6. The van der Waals surface area contributed by atoms with E-state index in [1.54, 1.807) is 35.0 Å². The van der Waals surface area contributed by atoms with Crippen LogP contribution in [0.2, 0.25) is 5.02 Å². The smallest absolute Gasteiger partial charge is 0.246 e. The van der Waals surface area contributed by atoms with Gasteiger partial charge in [-0.15, -0.1) is 11.3 Å². The van der Waals surface area contributed by atoms with E-state index in [-0.39, 0.29) is 62.4 Å². The molecule has 4 heterocycles. The Balaban J connectivity index is 0.900. The number of nitrogens with one attached hydrogen (secondary N) is 4. The molecule has 4 aromatic rings. The average molecular weight is 1020 g/mol. The number of hydrogen-bond donors (Lipinski definition) is 7. The monoisotopic (exact) mass is 1020 g/mol. The molecule has 1 saturated heterocycles. The van der Waals surface area contributed by atoms with Gasteiger partial charge < -0.3 is 42.7 Å². The largest absolute Gasteiger partial charge is 0.391 e. The first-order valence-corrected chi connectivity index (χ1v) is 25.9. The molecule has 7 atom stereocenters. The molecule has 1 aromatic heterocycles. The number of thiazole rings is 1. The van der Waals surface area contributed by atoms with Gasteiger partial charge in [0.05, 0.1) is 40.0 Å². The Bertz CT molecular complexity index is 2690. The first-order chi connectivity index (χ1) is 34.2. The third-order valence-electron chi connectivity index (χ3n) is 13.7. The summed E-state index contributed by atoms with van der Waals surface area (Å²) in [4.78, 5) is 103. The van der Waals surface area contributed by atoms with Crippen LogP contribution >= 0.6 is 22.9 Å². The van der Waals surface area contributed by atoms with Crippen LogP contribution in [0.4, 0.5) is 11.4 Å². The summed E-state index contributed by atoms with van der Waals surface area (Å²) in [7, 11) is 0. The molecule has 3 aliphatic heterocycles. The molecule has 0 radical (unpaired) electrons. The molecule has 9 N–H and O–H groups in total. The highest BCUT2D eigenvalue weighted by molar-refractivity contribution is 7.13. The molecule has 7 amide bonds. The van der Waals surface area contributed by atoms with E-state index in [9.17, 15) is 38.7 Å². The van der Waals surface area contributed by atoms with Crippen molar-refractivity contribution in [2.24, 2.45) is 16.9 Å². The lowest BCUT2D eigenvalue weighted by Crippen LogP contribution is -2.57. The van der Waals surface area contributed by atoms with Crippen molar-refractivity contribution in [1.29, 1.82) is 0 Å². The van der Waals surface area contributed by atoms with Gasteiger partial charge in [0.25, 0.3) is 0 Å². The van der Waals surface area contributed by atoms with Gasteiger partial charge in [-0.25, -0.2) is 4.98 Å². The van der Waals surface area contributed by atoms with Crippen LogP contribution in [0.5, 0.6) is 0 Å². The maximum atomic E-state index is 14.2. The second-order valence-corrected chi connectivity index (χ2v) is 21.6. The molecule has 19 heteroatoms. The number of carbonyl (C=O) groups is 7. The fraction of sp³-hybridized carbons (Fsp3) is 0.472. The number of likely N-dealkylation sites (tertiary alicyclic amines) is 1. The molecule has 3 aromatic carbocycles. The second-order valence-electron chi connectivity index (χ2n) is 20.3. The Kier molecular flexibility index (Phi) is 17.2. The number of benzene rings is 3. The van der Waals surface area contributed by atoms with Crippen LogP contribution < -0.4 is 37.6 Å². The molecular formula is C53H66ClN9O8S. The van der Waals surface area contributed by atoms with E-state index in [0.717, 1.165) is 38.4 Å². The summed E-state index contributed by atoms with van der Waals surface area (Å²) >= 11 is 8.07. The Morgan fingerprint density at radius 2 is 1.65 bits per heavy atom. The van der Waals surface area contributed by atoms with E-state index in [0.29, 0.717) is 54.9 Å². The zero-order valence-corrected chi connectivity index (χ0v) is 43.0. The SMILES string of the molecule is Cc1ncsc1-c1ccc([C@H](C)NC(=O)[C@@H]2C[C@@H](O)CN2C(=O)[C@@H](NC(=O)CCCCCc2cc(Cl)cc(NC(=O)[C@H](CCC(N)=O)NC(=O)[C@@H]3Cc4cccc5c4N3C(=O)[C@@H](N)CC5)c2)C(C)(C)C)cc1. The highest BCUT2D eigenvalue weighted by Gasteiger charge is 2.46. The fourth-order valence-electron chi connectivity index (χ4n) is 9.82. The highest BCUT2D eigenvalue weighted by atomic mass is 35.5. The number of carbonyl (C=O) groups excluding carboxylic acids is 7. The fourth-order valence-corrected chi connectivity index (χ4v) is 10.9. The van der Waals surface area contributed by atoms with E-state index < -0.39 is 65.4 Å². The number of rotatable bonds is 19. The predicted molar refractivity (Wildman–Crippen MR) is 277 cm³/mol. The quantitative estimate of drug-likeness (QED) is 0.0607. The first-order valence-electron chi connectivity index (χ1n) is 24.7. The molecule has 0 saturated carbocycles. The Morgan fingerprint density at radius 1 is 0.931 bits per heavy atom. The Hall–Kier alpha value is -6.21. The minimum atomic E-state index is -1.17. The minimum absolute atomic E-state index is 0.0351. The number of para-hydroxylation sites is 1. The summed E-state index contributed by atoms with van der Waals surface area (Å²) in [6.45, 7) is 9.32. The van der Waals surface area contributed by atoms with Crippen LogP contribution in [0.1, 0.15) is 113 Å². The third kappa shape index (κ3) is 12.9. The average Bonchev–Trinajstić information content (AvgIpc) is 4.04. The molecule has 1 fully saturated rings. The van der Waals surface area contributed by atoms with Gasteiger partial charge in [-0.1, -0.05) is 81.3 Å². The summed E-state index contributed by atoms with van der Waals surface area (Å²) in [6.07, 6.45) is 2.73. The van der Waals surface area contributed by atoms with Crippen molar-refractivity contribution < 1.29 is 38.7 Å². The zero-order chi connectivity index (χ0) is 52.0. The summed E-state index contributed by atoms with van der Waals surface area (Å²) in [6, 6.07) is 13.5. The van der Waals surface area contributed by atoms with Gasteiger partial charge in [0.2, 0.25) is 41.4 Å². The van der Waals surface area contributed by atoms with Crippen molar-refractivity contribution in [3.05, 3.63) is 99.1 Å². The Labute approximate surface area is 429 Å². The number of unbranched alkanes of at least 4 members (excludes halogenated alkanes) is 2. The van der Waals surface area contributed by atoms with E-state index in [1.807, 2.05) is 77.1 Å². The van der Waals surface area contributed by atoms with Crippen molar-refractivity contribution in [2.45, 2.75) is 148 Å². The number of halogens is 1. The number of aliphatic hydroxyl groups excluding tert-OH is 1. The number of primary amides is 1. The second kappa shape index (κ2) is 23.1. The summed E-state index contributed by atoms with van der Waals surface area (Å²) in [5.41, 5.74) is 19.3. The van der Waals surface area contributed by atoms with Crippen LogP contribution in [0, 0.1) is 12.3 Å². The lowest BCUT2D eigenvalue weighted by Gasteiger charge is -2.35. The molecule has 0 aliphatic carbocycles. The molecule has 3 aliphatic rings. The van der Waals surface area contributed by atoms with Gasteiger partial charge >= 0.3 is 0 Å². The number of aryl methyl sites for hydroxylation is 3. The number of aromatic nitrogens is 1. The number of amides is 7. The van der Waals surface area contributed by atoms with Gasteiger partial charge in [0.15, 0.2) is 0 Å². The van der Waals surface area contributed by atoms with Crippen molar-refractivity contribution in [3.8, 4) is 10.4 Å². The molecule has 384 valence electrons. The van der Waals surface area contributed by atoms with Crippen LogP contribution in [-0.2, 0) is 52.8 Å². The summed E-state index contributed by atoms with van der Waals surface area (Å²) in [5.74, 6) is -3.31. The van der Waals surface area contributed by atoms with Gasteiger partial charge in [-0.2, -0.15) is 0 Å². The molecule has 0 spiro atoms. The van der Waals surface area contributed by atoms with Crippen molar-refractivity contribution >= 4 is 75.7 Å². The number of hydrogen-bond acceptors (Lipinski definition) is 11. The molecule has 17 nitrogen and oxygen atoms in total. The maximum absolute atomic E-state index is 14.2. The topological polar surface area (TPSA) is 259 Å². The van der Waals surface area contributed by atoms with Crippen LogP contribution in [0.15, 0.2) is 66.2 Å². The molecule has 0 unspecified atom stereocenters. The molecule has 7 rings (SSSR count). The number of anilines is 2. The van der Waals surface area contributed by atoms with Gasteiger partial charge in [-0.3, -0.25) is 38.5 Å². The van der Waals surface area contributed by atoms with Gasteiger partial charge in [0, 0.05) is 42.9 Å². The number of β-amino-alcohol motifs (C(OH)–C–C–N with tert-alkyl or cyclic N) is 1. The predicted octanol–water partition coefficient (Wildman–Crippen LogP) is 5.17. The Morgan fingerprint density at radius 3 is 2.35 bits per heavy atom. The minimum Gasteiger partial charge on any atom is -0.391 e. The summed E-state index contributed by atoms with van der Waals surface area (Å²) < 4.78 is 0. The lowest BCUT2D eigenvalue weighted by atomic mass is 9.85. The van der Waals surface area contributed by atoms with Gasteiger partial charge in [-0.05, 0) is 104 Å². The van der Waals surface area contributed by atoms with E-state index in [2.05, 4.69) is 26.3 Å². The van der Waals surface area contributed by atoms with E-state index >= 15 is 0 Å². The van der Waals surface area contributed by atoms with Crippen molar-refractivity contribution in [3.63, 3.8) is 0 Å². The number of nitrogens with two attached hydrogens (primary N) is 2. The van der Waals surface area contributed by atoms with Crippen LogP contribution in [0.3, 0.4) is 0 Å². The third-order valence-corrected chi connectivity index (χ3v) is 14.9. The van der Waals surface area contributed by atoms with E-state index in [1.165, 1.54) is 9.80 Å². The normalized spacial score (nSPS) is 19.7. The van der Waals surface area contributed by atoms with Crippen LogP contribution in [-0.4, -0.2) is 99.2 Å². The number of aliphatic hydroxyl groups is 1.